The molecule has 100 valence electrons. The summed E-state index contributed by atoms with van der Waals surface area (Å²) in [5, 5.41) is 6.87. The lowest BCUT2D eigenvalue weighted by atomic mass is 10.2. The molecule has 0 saturated carbocycles. The predicted molar refractivity (Wildman–Crippen MR) is 77.6 cm³/mol. The average molecular weight is 277 g/mol. The highest BCUT2D eigenvalue weighted by Crippen LogP contribution is 2.26. The Morgan fingerprint density at radius 3 is 2.68 bits per heavy atom. The number of nitrogens with zero attached hydrogens (tertiary/aromatic N) is 2. The van der Waals surface area contributed by atoms with Gasteiger partial charge in [0.05, 0.1) is 26.1 Å². The van der Waals surface area contributed by atoms with Crippen molar-refractivity contribution in [3.63, 3.8) is 0 Å². The van der Waals surface area contributed by atoms with E-state index in [-0.39, 0.29) is 0 Å². The van der Waals surface area contributed by atoms with Crippen LogP contribution in [0.5, 0.6) is 11.5 Å². The molecule has 1 aromatic carbocycles. The van der Waals surface area contributed by atoms with Gasteiger partial charge in [0.25, 0.3) is 0 Å². The molecule has 2 aromatic rings. The molecular weight excluding hydrogens is 262 g/mol. The van der Waals surface area contributed by atoms with Crippen molar-refractivity contribution in [1.82, 2.24) is 4.98 Å². The Morgan fingerprint density at radius 2 is 2.05 bits per heavy atom. The number of aromatic nitrogens is 1. The molecule has 0 unspecified atom stereocenters. The van der Waals surface area contributed by atoms with E-state index in [2.05, 4.69) is 15.5 Å². The summed E-state index contributed by atoms with van der Waals surface area (Å²) in [6, 6.07) is 5.60. The lowest BCUT2D eigenvalue weighted by Gasteiger charge is -2.07. The Labute approximate surface area is 115 Å². The monoisotopic (exact) mass is 277 g/mol. The molecule has 1 N–H and O–H groups in total. The van der Waals surface area contributed by atoms with E-state index in [0.717, 1.165) is 16.4 Å². The van der Waals surface area contributed by atoms with Gasteiger partial charge in [-0.3, -0.25) is 5.43 Å². The van der Waals surface area contributed by atoms with Crippen LogP contribution in [-0.2, 0) is 0 Å². The van der Waals surface area contributed by atoms with E-state index in [9.17, 15) is 0 Å². The Bertz CT molecular complexity index is 581. The first-order valence-electron chi connectivity index (χ1n) is 5.66. The van der Waals surface area contributed by atoms with Gasteiger partial charge in [0.15, 0.2) is 11.5 Å². The number of hydrazone groups is 1. The SMILES string of the molecule is COc1ccc(/C=N/Nc2nc(C)cs2)cc1OC. The molecule has 0 fully saturated rings. The maximum atomic E-state index is 5.23. The van der Waals surface area contributed by atoms with Crippen molar-refractivity contribution >= 4 is 22.7 Å². The maximum Gasteiger partial charge on any atom is 0.203 e. The molecule has 1 heterocycles. The third-order valence-electron chi connectivity index (χ3n) is 2.40. The van der Waals surface area contributed by atoms with Gasteiger partial charge in [-0.15, -0.1) is 11.3 Å². The van der Waals surface area contributed by atoms with Gasteiger partial charge in [-0.1, -0.05) is 0 Å². The molecule has 0 aliphatic rings. The maximum absolute atomic E-state index is 5.23. The lowest BCUT2D eigenvalue weighted by molar-refractivity contribution is 0.355. The summed E-state index contributed by atoms with van der Waals surface area (Å²) in [5.41, 5.74) is 4.78. The fraction of sp³-hybridized carbons (Fsp3) is 0.231. The number of methoxy groups -OCH3 is 2. The highest BCUT2D eigenvalue weighted by atomic mass is 32.1. The van der Waals surface area contributed by atoms with Gasteiger partial charge in [-0.2, -0.15) is 5.10 Å². The Morgan fingerprint density at radius 1 is 1.26 bits per heavy atom. The number of hydrogen-bond donors (Lipinski definition) is 1. The average Bonchev–Trinajstić information content (AvgIpc) is 2.84. The molecule has 0 spiro atoms. The van der Waals surface area contributed by atoms with E-state index in [1.54, 1.807) is 20.4 Å². The summed E-state index contributed by atoms with van der Waals surface area (Å²) in [6.45, 7) is 1.94. The van der Waals surface area contributed by atoms with Crippen LogP contribution in [0.15, 0.2) is 28.7 Å². The lowest BCUT2D eigenvalue weighted by Crippen LogP contribution is -1.93. The smallest absolute Gasteiger partial charge is 0.203 e. The number of anilines is 1. The first-order valence-corrected chi connectivity index (χ1v) is 6.54. The number of hydrogen-bond acceptors (Lipinski definition) is 6. The van der Waals surface area contributed by atoms with Crippen LogP contribution in [0, 0.1) is 6.92 Å². The van der Waals surface area contributed by atoms with Crippen molar-refractivity contribution in [2.45, 2.75) is 6.92 Å². The molecule has 0 saturated heterocycles. The number of aryl methyl sites for hydroxylation is 1. The highest BCUT2D eigenvalue weighted by molar-refractivity contribution is 7.13. The second-order valence-corrected chi connectivity index (χ2v) is 4.64. The fourth-order valence-electron chi connectivity index (χ4n) is 1.50. The zero-order valence-corrected chi connectivity index (χ0v) is 11.8. The summed E-state index contributed by atoms with van der Waals surface area (Å²) in [5.74, 6) is 1.37. The molecule has 1 aromatic heterocycles. The van der Waals surface area contributed by atoms with Gasteiger partial charge in [-0.25, -0.2) is 4.98 Å². The van der Waals surface area contributed by atoms with Crippen LogP contribution in [0.4, 0.5) is 5.13 Å². The van der Waals surface area contributed by atoms with Crippen LogP contribution in [0.2, 0.25) is 0 Å². The van der Waals surface area contributed by atoms with E-state index in [4.69, 9.17) is 9.47 Å². The van der Waals surface area contributed by atoms with Crippen LogP contribution in [-0.4, -0.2) is 25.4 Å². The van der Waals surface area contributed by atoms with Crippen LogP contribution in [0.25, 0.3) is 0 Å². The second kappa shape index (κ2) is 6.19. The summed E-state index contributed by atoms with van der Waals surface area (Å²) < 4.78 is 10.4. The first kappa shape index (κ1) is 13.4. The number of benzene rings is 1. The zero-order chi connectivity index (χ0) is 13.7. The van der Waals surface area contributed by atoms with Crippen LogP contribution < -0.4 is 14.9 Å². The topological polar surface area (TPSA) is 55.7 Å². The van der Waals surface area contributed by atoms with Gasteiger partial charge in [0.2, 0.25) is 5.13 Å². The Hall–Kier alpha value is -2.08. The predicted octanol–water partition coefficient (Wildman–Crippen LogP) is 2.91. The zero-order valence-electron chi connectivity index (χ0n) is 11.0. The quantitative estimate of drug-likeness (QED) is 0.674. The number of rotatable bonds is 5. The van der Waals surface area contributed by atoms with Gasteiger partial charge >= 0.3 is 0 Å². The van der Waals surface area contributed by atoms with Crippen molar-refractivity contribution in [3.05, 3.63) is 34.8 Å². The van der Waals surface area contributed by atoms with Crippen molar-refractivity contribution in [2.24, 2.45) is 5.10 Å². The largest absolute Gasteiger partial charge is 0.493 e. The number of ether oxygens (including phenoxy) is 2. The van der Waals surface area contributed by atoms with Gasteiger partial charge in [0, 0.05) is 5.38 Å². The Balaban J connectivity index is 2.06. The van der Waals surface area contributed by atoms with Crippen molar-refractivity contribution in [2.75, 3.05) is 19.6 Å². The third kappa shape index (κ3) is 3.45. The third-order valence-corrected chi connectivity index (χ3v) is 3.27. The molecule has 6 heteroatoms. The van der Waals surface area contributed by atoms with Crippen LogP contribution in [0.1, 0.15) is 11.3 Å². The molecule has 0 atom stereocenters. The van der Waals surface area contributed by atoms with Crippen LogP contribution >= 0.6 is 11.3 Å². The van der Waals surface area contributed by atoms with Gasteiger partial charge in [-0.05, 0) is 30.7 Å². The van der Waals surface area contributed by atoms with Gasteiger partial charge in [0.1, 0.15) is 0 Å². The van der Waals surface area contributed by atoms with Gasteiger partial charge < -0.3 is 9.47 Å². The van der Waals surface area contributed by atoms with Crippen LogP contribution in [0.3, 0.4) is 0 Å². The number of nitrogens with one attached hydrogen (secondary N) is 1. The van der Waals surface area contributed by atoms with E-state index in [1.165, 1.54) is 11.3 Å². The summed E-state index contributed by atoms with van der Waals surface area (Å²) >= 11 is 1.52. The molecule has 19 heavy (non-hydrogen) atoms. The highest BCUT2D eigenvalue weighted by Gasteiger charge is 2.03. The van der Waals surface area contributed by atoms with Crippen molar-refractivity contribution in [1.29, 1.82) is 0 Å². The molecule has 5 nitrogen and oxygen atoms in total. The number of thiazole rings is 1. The molecule has 0 radical (unpaired) electrons. The molecule has 0 bridgehead atoms. The second-order valence-electron chi connectivity index (χ2n) is 3.78. The van der Waals surface area contributed by atoms with Crippen molar-refractivity contribution in [3.8, 4) is 11.5 Å². The fourth-order valence-corrected chi connectivity index (χ4v) is 2.14. The molecule has 0 aliphatic carbocycles. The van der Waals surface area contributed by atoms with Crippen molar-refractivity contribution < 1.29 is 9.47 Å². The van der Waals surface area contributed by atoms with E-state index >= 15 is 0 Å². The van der Waals surface area contributed by atoms with E-state index in [1.807, 2.05) is 30.5 Å². The summed E-state index contributed by atoms with van der Waals surface area (Å²) in [4.78, 5) is 4.25. The molecular formula is C13H15N3O2S. The summed E-state index contributed by atoms with van der Waals surface area (Å²) in [6.07, 6.45) is 1.71. The van der Waals surface area contributed by atoms with E-state index in [0.29, 0.717) is 11.5 Å². The van der Waals surface area contributed by atoms with E-state index < -0.39 is 0 Å². The normalized spacial score (nSPS) is 10.7. The Kier molecular flexibility index (Phi) is 4.35. The minimum Gasteiger partial charge on any atom is -0.493 e. The molecule has 0 aliphatic heterocycles. The standard InChI is InChI=1S/C13H15N3O2S/c1-9-8-19-13(15-9)16-14-7-10-4-5-11(17-2)12(6-10)18-3/h4-8H,1-3H3,(H,15,16)/b14-7+. The molecule has 0 amide bonds. The first-order chi connectivity index (χ1) is 9.22. The molecule has 2 rings (SSSR count). The minimum atomic E-state index is 0.677. The minimum absolute atomic E-state index is 0.677. The summed E-state index contributed by atoms with van der Waals surface area (Å²) in [7, 11) is 3.22.